The van der Waals surface area contributed by atoms with Gasteiger partial charge in [-0.25, -0.2) is 4.98 Å². The van der Waals surface area contributed by atoms with E-state index in [2.05, 4.69) is 4.98 Å². The second-order valence-electron chi connectivity index (χ2n) is 7.30. The molecule has 1 aliphatic heterocycles. The molecule has 0 aliphatic carbocycles. The van der Waals surface area contributed by atoms with Crippen molar-refractivity contribution in [1.82, 2.24) is 14.5 Å². The Bertz CT molecular complexity index is 1220. The number of aromatic amines is 1. The monoisotopic (exact) mass is 387 g/mol. The second-order valence-corrected chi connectivity index (χ2v) is 7.30. The van der Waals surface area contributed by atoms with E-state index in [4.69, 9.17) is 14.5 Å². The number of hydrogen-bond donors (Lipinski definition) is 1. The molecule has 4 aromatic rings. The van der Waals surface area contributed by atoms with E-state index in [0.717, 1.165) is 46.8 Å². The number of H-pyrrole nitrogens is 1. The highest BCUT2D eigenvalue weighted by molar-refractivity contribution is 5.91. The van der Waals surface area contributed by atoms with Gasteiger partial charge >= 0.3 is 0 Å². The van der Waals surface area contributed by atoms with Crippen molar-refractivity contribution in [1.29, 1.82) is 0 Å². The number of rotatable bonds is 4. The number of nitrogens with zero attached hydrogens (tertiary/aromatic N) is 2. The van der Waals surface area contributed by atoms with Gasteiger partial charge in [-0.2, -0.15) is 0 Å². The molecule has 29 heavy (non-hydrogen) atoms. The molecule has 1 saturated heterocycles. The topological polar surface area (TPSA) is 69.1 Å². The molecule has 0 bridgehead atoms. The summed E-state index contributed by atoms with van der Waals surface area (Å²) in [5.74, 6) is 2.61. The normalized spacial score (nSPS) is 16.4. The smallest absolute Gasteiger partial charge is 0.250 e. The highest BCUT2D eigenvalue weighted by Crippen LogP contribution is 2.39. The molecule has 0 spiro atoms. The number of imidazole rings is 1. The number of benzene rings is 2. The van der Waals surface area contributed by atoms with Crippen LogP contribution in [0.1, 0.15) is 18.2 Å². The molecular weight excluding hydrogens is 366 g/mol. The Labute approximate surface area is 167 Å². The number of aromatic nitrogens is 3. The van der Waals surface area contributed by atoms with Gasteiger partial charge < -0.3 is 19.0 Å². The average Bonchev–Trinajstić information content (AvgIpc) is 3.41. The number of pyridine rings is 1. The summed E-state index contributed by atoms with van der Waals surface area (Å²) in [5, 5.41) is 0. The molecule has 1 fully saturated rings. The van der Waals surface area contributed by atoms with E-state index in [1.165, 1.54) is 0 Å². The van der Waals surface area contributed by atoms with E-state index in [1.807, 2.05) is 54.7 Å². The summed E-state index contributed by atoms with van der Waals surface area (Å²) in [6.07, 6.45) is 2.78. The first kappa shape index (κ1) is 17.7. The van der Waals surface area contributed by atoms with Crippen molar-refractivity contribution in [3.05, 3.63) is 77.0 Å². The zero-order valence-electron chi connectivity index (χ0n) is 16.1. The van der Waals surface area contributed by atoms with Crippen molar-refractivity contribution in [2.24, 2.45) is 7.05 Å². The number of aryl methyl sites for hydroxylation is 1. The molecule has 3 heterocycles. The molecule has 1 atom stereocenters. The third kappa shape index (κ3) is 3.32. The Kier molecular flexibility index (Phi) is 4.41. The minimum Gasteiger partial charge on any atom is -0.454 e. The molecule has 6 heteroatoms. The fourth-order valence-electron chi connectivity index (χ4n) is 3.70. The quantitative estimate of drug-likeness (QED) is 0.569. The lowest BCUT2D eigenvalue weighted by molar-refractivity contribution is 0.193. The summed E-state index contributed by atoms with van der Waals surface area (Å²) in [6, 6.07) is 17.1. The van der Waals surface area contributed by atoms with Crippen molar-refractivity contribution >= 4 is 11.0 Å². The van der Waals surface area contributed by atoms with Crippen LogP contribution in [0.4, 0.5) is 0 Å². The van der Waals surface area contributed by atoms with E-state index < -0.39 is 0 Å². The zero-order chi connectivity index (χ0) is 19.8. The van der Waals surface area contributed by atoms with Crippen LogP contribution >= 0.6 is 0 Å². The van der Waals surface area contributed by atoms with Crippen LogP contribution in [-0.4, -0.2) is 27.7 Å². The van der Waals surface area contributed by atoms with Gasteiger partial charge in [-0.3, -0.25) is 4.79 Å². The average molecular weight is 387 g/mol. The number of nitrogens with one attached hydrogen (secondary N) is 1. The van der Waals surface area contributed by atoms with Crippen molar-refractivity contribution in [3.8, 4) is 22.6 Å². The third-order valence-corrected chi connectivity index (χ3v) is 5.30. The van der Waals surface area contributed by atoms with Gasteiger partial charge in [0.15, 0.2) is 5.75 Å². The molecule has 1 unspecified atom stereocenters. The Morgan fingerprint density at radius 1 is 1.14 bits per heavy atom. The number of hydrogen-bond acceptors (Lipinski definition) is 4. The van der Waals surface area contributed by atoms with Crippen molar-refractivity contribution in [3.63, 3.8) is 0 Å². The first-order valence-electron chi connectivity index (χ1n) is 9.69. The first-order chi connectivity index (χ1) is 14.2. The maximum Gasteiger partial charge on any atom is 0.250 e. The molecule has 0 radical (unpaired) electrons. The number of fused-ring (bicyclic) bond motifs is 1. The molecule has 0 amide bonds. The van der Waals surface area contributed by atoms with Crippen LogP contribution in [0.15, 0.2) is 65.6 Å². The van der Waals surface area contributed by atoms with Crippen LogP contribution in [0.2, 0.25) is 0 Å². The summed E-state index contributed by atoms with van der Waals surface area (Å²) in [7, 11) is 1.74. The predicted molar refractivity (Wildman–Crippen MR) is 111 cm³/mol. The SMILES string of the molecule is Cn1cc(-c2ccc3[nH]c(C4CCOC4)nc3c2Oc2ccccc2)ccc1=O. The highest BCUT2D eigenvalue weighted by atomic mass is 16.5. The lowest BCUT2D eigenvalue weighted by Gasteiger charge is -2.13. The van der Waals surface area contributed by atoms with Gasteiger partial charge in [-0.1, -0.05) is 18.2 Å². The van der Waals surface area contributed by atoms with Crippen LogP contribution in [0, 0.1) is 0 Å². The molecule has 2 aromatic carbocycles. The van der Waals surface area contributed by atoms with E-state index in [0.29, 0.717) is 12.4 Å². The van der Waals surface area contributed by atoms with Gasteiger partial charge in [0.1, 0.15) is 17.1 Å². The van der Waals surface area contributed by atoms with E-state index >= 15 is 0 Å². The maximum absolute atomic E-state index is 11.8. The Hall–Kier alpha value is -3.38. The first-order valence-corrected chi connectivity index (χ1v) is 9.69. The summed E-state index contributed by atoms with van der Waals surface area (Å²) < 4.78 is 13.4. The van der Waals surface area contributed by atoms with Gasteiger partial charge in [0.05, 0.1) is 12.1 Å². The zero-order valence-corrected chi connectivity index (χ0v) is 16.1. The standard InChI is InChI=1S/C23H21N3O3/c1-26-13-15(7-10-20(26)27)18-8-9-19-21(22(18)29-17-5-3-2-4-6-17)25-23(24-19)16-11-12-28-14-16/h2-10,13,16H,11-12,14H2,1H3,(H,24,25). The lowest BCUT2D eigenvalue weighted by Crippen LogP contribution is -2.14. The highest BCUT2D eigenvalue weighted by Gasteiger charge is 2.23. The minimum absolute atomic E-state index is 0.0522. The van der Waals surface area contributed by atoms with Gasteiger partial charge in [-0.15, -0.1) is 0 Å². The van der Waals surface area contributed by atoms with Crippen molar-refractivity contribution in [2.75, 3.05) is 13.2 Å². The third-order valence-electron chi connectivity index (χ3n) is 5.30. The summed E-state index contributed by atoms with van der Waals surface area (Å²) >= 11 is 0. The second kappa shape index (κ2) is 7.22. The summed E-state index contributed by atoms with van der Waals surface area (Å²) in [4.78, 5) is 20.2. The molecule has 5 rings (SSSR count). The van der Waals surface area contributed by atoms with Gasteiger partial charge in [0.25, 0.3) is 0 Å². The Morgan fingerprint density at radius 3 is 2.76 bits per heavy atom. The molecule has 1 aliphatic rings. The predicted octanol–water partition coefficient (Wildman–Crippen LogP) is 4.22. The van der Waals surface area contributed by atoms with Crippen LogP contribution in [-0.2, 0) is 11.8 Å². The fraction of sp³-hybridized carbons (Fsp3) is 0.217. The lowest BCUT2D eigenvalue weighted by atomic mass is 10.1. The maximum atomic E-state index is 11.8. The fourth-order valence-corrected chi connectivity index (χ4v) is 3.70. The van der Waals surface area contributed by atoms with E-state index in [1.54, 1.807) is 17.7 Å². The number of para-hydroxylation sites is 1. The minimum atomic E-state index is -0.0522. The van der Waals surface area contributed by atoms with E-state index in [-0.39, 0.29) is 11.5 Å². The largest absolute Gasteiger partial charge is 0.454 e. The Morgan fingerprint density at radius 2 is 2.00 bits per heavy atom. The van der Waals surface area contributed by atoms with Crippen molar-refractivity contribution in [2.45, 2.75) is 12.3 Å². The molecule has 0 saturated carbocycles. The van der Waals surface area contributed by atoms with E-state index in [9.17, 15) is 4.79 Å². The number of ether oxygens (including phenoxy) is 2. The molecule has 6 nitrogen and oxygen atoms in total. The molecular formula is C23H21N3O3. The van der Waals surface area contributed by atoms with Gasteiger partial charge in [-0.05, 0) is 36.8 Å². The van der Waals surface area contributed by atoms with Crippen LogP contribution in [0.3, 0.4) is 0 Å². The molecule has 1 N–H and O–H groups in total. The van der Waals surface area contributed by atoms with Gasteiger partial charge in [0.2, 0.25) is 5.56 Å². The summed E-state index contributed by atoms with van der Waals surface area (Å²) in [6.45, 7) is 1.45. The van der Waals surface area contributed by atoms with Crippen molar-refractivity contribution < 1.29 is 9.47 Å². The van der Waals surface area contributed by atoms with Gasteiger partial charge in [0, 0.05) is 43.0 Å². The van der Waals surface area contributed by atoms with Crippen LogP contribution in [0.5, 0.6) is 11.5 Å². The van der Waals surface area contributed by atoms with Crippen LogP contribution < -0.4 is 10.3 Å². The Balaban J connectivity index is 1.69. The molecule has 2 aromatic heterocycles. The molecule has 146 valence electrons. The van der Waals surface area contributed by atoms with Crippen LogP contribution in [0.25, 0.3) is 22.2 Å². The summed E-state index contributed by atoms with van der Waals surface area (Å²) in [5.41, 5.74) is 3.43.